The van der Waals surface area contributed by atoms with Gasteiger partial charge in [0.1, 0.15) is 11.6 Å². The summed E-state index contributed by atoms with van der Waals surface area (Å²) < 4.78 is 48.0. The fraction of sp³-hybridized carbons (Fsp3) is 0.500. The molecular formula is C24H33ClF2O2S2. The smallest absolute Gasteiger partial charge is 0.128 e. The molecule has 0 fully saturated rings. The van der Waals surface area contributed by atoms with E-state index in [4.69, 9.17) is 15.8 Å². The summed E-state index contributed by atoms with van der Waals surface area (Å²) in [5.41, 5.74) is 0.191. The van der Waals surface area contributed by atoms with Crippen molar-refractivity contribution in [2.45, 2.75) is 55.1 Å². The summed E-state index contributed by atoms with van der Waals surface area (Å²) in [6.45, 7) is 2.64. The number of rotatable bonds is 12. The largest absolute Gasteiger partial charge is 0.337 e. The highest BCUT2D eigenvalue weighted by Gasteiger charge is 2.41. The Morgan fingerprint density at radius 2 is 1.65 bits per heavy atom. The van der Waals surface area contributed by atoms with Crippen molar-refractivity contribution in [1.29, 1.82) is 0 Å². The quantitative estimate of drug-likeness (QED) is 0.286. The molecule has 0 N–H and O–H groups in total. The van der Waals surface area contributed by atoms with Crippen molar-refractivity contribution in [2.24, 2.45) is 0 Å². The zero-order valence-electron chi connectivity index (χ0n) is 18.8. The second-order valence-electron chi connectivity index (χ2n) is 8.45. The highest BCUT2D eigenvalue weighted by atomic mass is 35.5. The van der Waals surface area contributed by atoms with Crippen LogP contribution in [0.15, 0.2) is 47.4 Å². The summed E-state index contributed by atoms with van der Waals surface area (Å²) in [6.07, 6.45) is 10.3. The number of benzene rings is 2. The molecule has 0 amide bonds. The van der Waals surface area contributed by atoms with Crippen LogP contribution in [-0.4, -0.2) is 29.6 Å². The molecule has 0 saturated heterocycles. The third-order valence-electron chi connectivity index (χ3n) is 5.15. The normalized spacial score (nSPS) is 15.5. The Hall–Kier alpha value is -0.950. The van der Waals surface area contributed by atoms with E-state index in [1.807, 2.05) is 6.92 Å². The minimum absolute atomic E-state index is 0.191. The van der Waals surface area contributed by atoms with Gasteiger partial charge in [-0.25, -0.2) is 8.78 Å². The summed E-state index contributed by atoms with van der Waals surface area (Å²) in [5, 5.41) is 0.540. The topological polar surface area (TPSA) is 26.3 Å². The van der Waals surface area contributed by atoms with Crippen molar-refractivity contribution in [3.63, 3.8) is 0 Å². The molecule has 0 spiro atoms. The average molecular weight is 491 g/mol. The Morgan fingerprint density at radius 3 is 2.26 bits per heavy atom. The molecular weight excluding hydrogens is 458 g/mol. The minimum Gasteiger partial charge on any atom is -0.337 e. The third kappa shape index (κ3) is 7.55. The van der Waals surface area contributed by atoms with Crippen molar-refractivity contribution in [2.75, 3.05) is 25.4 Å². The molecule has 0 radical (unpaired) electrons. The van der Waals surface area contributed by atoms with E-state index in [0.717, 1.165) is 31.4 Å². The molecule has 2 nitrogen and oxygen atoms in total. The van der Waals surface area contributed by atoms with Crippen LogP contribution in [0.3, 0.4) is 0 Å². The number of halogens is 3. The van der Waals surface area contributed by atoms with E-state index in [-0.39, 0.29) is 5.56 Å². The fourth-order valence-corrected chi connectivity index (χ4v) is 6.19. The maximum Gasteiger partial charge on any atom is 0.128 e. The average Bonchev–Trinajstić information content (AvgIpc) is 2.71. The van der Waals surface area contributed by atoms with Gasteiger partial charge in [-0.1, -0.05) is 31.4 Å². The van der Waals surface area contributed by atoms with Gasteiger partial charge in [0, 0.05) is 15.5 Å². The number of hydrogen-bond donors (Lipinski definition) is 0. The zero-order chi connectivity index (χ0) is 23.1. The van der Waals surface area contributed by atoms with Crippen LogP contribution in [0, 0.1) is 11.6 Å². The number of hydrogen-bond acceptors (Lipinski definition) is 2. The predicted molar refractivity (Wildman–Crippen MR) is 131 cm³/mol. The minimum atomic E-state index is -1.58. The highest BCUT2D eigenvalue weighted by molar-refractivity contribution is 8.28. The summed E-state index contributed by atoms with van der Waals surface area (Å²) in [7, 11) is -2.65. The molecule has 0 heterocycles. The first kappa shape index (κ1) is 26.3. The van der Waals surface area contributed by atoms with E-state index in [9.17, 15) is 8.60 Å². The lowest BCUT2D eigenvalue weighted by atomic mass is 9.87. The second kappa shape index (κ2) is 11.8. The van der Waals surface area contributed by atoms with Crippen LogP contribution in [0.1, 0.15) is 51.0 Å². The van der Waals surface area contributed by atoms with E-state index < -0.39 is 37.5 Å². The van der Waals surface area contributed by atoms with Crippen LogP contribution < -0.4 is 0 Å². The van der Waals surface area contributed by atoms with Crippen LogP contribution in [0.4, 0.5) is 8.78 Å². The standard InChI is InChI=1S/C24H33ClF2O2S2/c1-5-6-15-24(16-7-8-17-29-31(2,3)4,22-18-20(26)11-14-23(22)27)30(28)21-12-9-19(25)10-13-21/h9-14,18H,5-8,15-17H2,1-4H3. The molecule has 2 atom stereocenters. The van der Waals surface area contributed by atoms with E-state index in [0.29, 0.717) is 35.8 Å². The van der Waals surface area contributed by atoms with Gasteiger partial charge < -0.3 is 4.18 Å². The van der Waals surface area contributed by atoms with Crippen LogP contribution in [0.25, 0.3) is 0 Å². The summed E-state index contributed by atoms with van der Waals surface area (Å²) >= 11 is 6.01. The first-order valence-corrected chi connectivity index (χ1v) is 14.9. The molecule has 0 aliphatic heterocycles. The van der Waals surface area contributed by atoms with Gasteiger partial charge in [-0.3, -0.25) is 4.21 Å². The van der Waals surface area contributed by atoms with Gasteiger partial charge in [0.25, 0.3) is 0 Å². The van der Waals surface area contributed by atoms with Gasteiger partial charge in [-0.05, 0) is 86.9 Å². The lowest BCUT2D eigenvalue weighted by Gasteiger charge is -2.34. The van der Waals surface area contributed by atoms with Crippen molar-refractivity contribution < 1.29 is 17.2 Å². The van der Waals surface area contributed by atoms with Gasteiger partial charge in [-0.2, -0.15) is 0 Å². The van der Waals surface area contributed by atoms with Crippen LogP contribution >= 0.6 is 21.9 Å². The molecule has 2 aromatic carbocycles. The Balaban J connectivity index is 2.44. The van der Waals surface area contributed by atoms with Crippen LogP contribution in [-0.2, 0) is 19.7 Å². The Bertz CT molecular complexity index is 869. The van der Waals surface area contributed by atoms with Crippen molar-refractivity contribution in [3.05, 3.63) is 64.7 Å². The molecule has 0 saturated carbocycles. The lowest BCUT2D eigenvalue weighted by molar-refractivity contribution is 0.334. The van der Waals surface area contributed by atoms with Gasteiger partial charge in [-0.15, -0.1) is 10.3 Å². The SMILES string of the molecule is CCCCC(CCCCOS(C)(C)C)(c1cc(F)ccc1F)S(=O)c1ccc(Cl)cc1. The van der Waals surface area contributed by atoms with Gasteiger partial charge in [0.15, 0.2) is 0 Å². The molecule has 7 heteroatoms. The van der Waals surface area contributed by atoms with Crippen LogP contribution in [0.2, 0.25) is 5.02 Å². The van der Waals surface area contributed by atoms with E-state index >= 15 is 4.39 Å². The summed E-state index contributed by atoms with van der Waals surface area (Å²) in [5.74, 6) is -1.04. The Kier molecular flexibility index (Phi) is 9.99. The molecule has 0 bridgehead atoms. The summed E-state index contributed by atoms with van der Waals surface area (Å²) in [6, 6.07) is 10.2. The second-order valence-corrected chi connectivity index (χ2v) is 14.4. The summed E-state index contributed by atoms with van der Waals surface area (Å²) in [4.78, 5) is 0.569. The van der Waals surface area contributed by atoms with E-state index in [2.05, 4.69) is 18.8 Å². The highest BCUT2D eigenvalue weighted by Crippen LogP contribution is 2.43. The first-order chi connectivity index (χ1) is 14.6. The fourth-order valence-electron chi connectivity index (χ4n) is 3.59. The van der Waals surface area contributed by atoms with E-state index in [1.165, 1.54) is 6.07 Å². The van der Waals surface area contributed by atoms with Gasteiger partial charge in [0.2, 0.25) is 0 Å². The molecule has 2 aromatic rings. The monoisotopic (exact) mass is 490 g/mol. The molecule has 0 aliphatic rings. The molecule has 2 rings (SSSR count). The molecule has 2 unspecified atom stereocenters. The van der Waals surface area contributed by atoms with Crippen LogP contribution in [0.5, 0.6) is 0 Å². The number of unbranched alkanes of at least 4 members (excludes halogenated alkanes) is 2. The molecule has 174 valence electrons. The Morgan fingerprint density at radius 1 is 1.00 bits per heavy atom. The molecule has 31 heavy (non-hydrogen) atoms. The predicted octanol–water partition coefficient (Wildman–Crippen LogP) is 7.61. The third-order valence-corrected chi connectivity index (χ3v) is 8.31. The lowest BCUT2D eigenvalue weighted by Crippen LogP contribution is -2.33. The van der Waals surface area contributed by atoms with Crippen molar-refractivity contribution >= 4 is 32.7 Å². The Labute approximate surface area is 194 Å². The zero-order valence-corrected chi connectivity index (χ0v) is 21.1. The first-order valence-electron chi connectivity index (χ1n) is 10.5. The van der Waals surface area contributed by atoms with Crippen molar-refractivity contribution in [1.82, 2.24) is 0 Å². The maximum absolute atomic E-state index is 15.0. The molecule has 0 aromatic heterocycles. The van der Waals surface area contributed by atoms with E-state index in [1.54, 1.807) is 24.3 Å². The maximum atomic E-state index is 15.0. The molecule has 0 aliphatic carbocycles. The van der Waals surface area contributed by atoms with Crippen molar-refractivity contribution in [3.8, 4) is 0 Å². The van der Waals surface area contributed by atoms with Gasteiger partial charge >= 0.3 is 0 Å². The van der Waals surface area contributed by atoms with Gasteiger partial charge in [0.05, 0.1) is 22.2 Å².